The van der Waals surface area contributed by atoms with Crippen LogP contribution in [0.1, 0.15) is 29.2 Å². The lowest BCUT2D eigenvalue weighted by atomic mass is 9.95. The van der Waals surface area contributed by atoms with E-state index in [2.05, 4.69) is 69.4 Å². The third kappa shape index (κ3) is 3.45. The van der Waals surface area contributed by atoms with E-state index in [4.69, 9.17) is 0 Å². The van der Waals surface area contributed by atoms with Gasteiger partial charge in [-0.05, 0) is 44.0 Å². The van der Waals surface area contributed by atoms with Crippen molar-refractivity contribution in [1.82, 2.24) is 5.32 Å². The summed E-state index contributed by atoms with van der Waals surface area (Å²) in [6, 6.07) is 13.5. The Labute approximate surface area is 116 Å². The Bertz CT molecular complexity index is 550. The minimum Gasteiger partial charge on any atom is -0.313 e. The molecule has 1 N–H and O–H groups in total. The first-order valence-electron chi connectivity index (χ1n) is 6.99. The topological polar surface area (TPSA) is 12.0 Å². The van der Waals surface area contributed by atoms with Gasteiger partial charge in [-0.25, -0.2) is 0 Å². The minimum absolute atomic E-state index is 0.930. The third-order valence-corrected chi connectivity index (χ3v) is 3.36. The van der Waals surface area contributed by atoms with Gasteiger partial charge < -0.3 is 5.32 Å². The fourth-order valence-electron chi connectivity index (χ4n) is 2.50. The molecule has 0 radical (unpaired) electrons. The van der Waals surface area contributed by atoms with Crippen LogP contribution in [0.5, 0.6) is 0 Å². The van der Waals surface area contributed by atoms with Crippen LogP contribution in [0.3, 0.4) is 0 Å². The Hall–Kier alpha value is -1.60. The second-order valence-corrected chi connectivity index (χ2v) is 5.32. The molecule has 0 bridgehead atoms. The SMILES string of the molecule is CCNCc1ccc(C)cc1-c1cc(C)cc(C)c1. The summed E-state index contributed by atoms with van der Waals surface area (Å²) in [5.74, 6) is 0. The molecule has 0 spiro atoms. The summed E-state index contributed by atoms with van der Waals surface area (Å²) >= 11 is 0. The van der Waals surface area contributed by atoms with Gasteiger partial charge in [-0.1, -0.05) is 60.0 Å². The first kappa shape index (κ1) is 13.8. The van der Waals surface area contributed by atoms with E-state index >= 15 is 0 Å². The van der Waals surface area contributed by atoms with E-state index in [1.807, 2.05) is 0 Å². The molecule has 2 aromatic carbocycles. The molecule has 0 heterocycles. The molecular weight excluding hydrogens is 230 g/mol. The van der Waals surface area contributed by atoms with Crippen LogP contribution in [0.4, 0.5) is 0 Å². The predicted octanol–water partition coefficient (Wildman–Crippen LogP) is 4.39. The summed E-state index contributed by atoms with van der Waals surface area (Å²) < 4.78 is 0. The number of rotatable bonds is 4. The Balaban J connectivity index is 2.49. The van der Waals surface area contributed by atoms with Gasteiger partial charge in [-0.2, -0.15) is 0 Å². The second kappa shape index (κ2) is 6.03. The van der Waals surface area contributed by atoms with Gasteiger partial charge in [0.2, 0.25) is 0 Å². The van der Waals surface area contributed by atoms with E-state index < -0.39 is 0 Å². The molecule has 0 saturated carbocycles. The molecule has 0 atom stereocenters. The number of nitrogens with one attached hydrogen (secondary N) is 1. The predicted molar refractivity (Wildman–Crippen MR) is 83.5 cm³/mol. The van der Waals surface area contributed by atoms with Crippen LogP contribution in [0.15, 0.2) is 36.4 Å². The van der Waals surface area contributed by atoms with Crippen LogP contribution >= 0.6 is 0 Å². The first-order chi connectivity index (χ1) is 9.10. The zero-order valence-electron chi connectivity index (χ0n) is 12.4. The van der Waals surface area contributed by atoms with Gasteiger partial charge in [0, 0.05) is 6.54 Å². The Morgan fingerprint density at radius 3 is 2.16 bits per heavy atom. The molecule has 0 aliphatic carbocycles. The summed E-state index contributed by atoms with van der Waals surface area (Å²) in [5.41, 5.74) is 8.02. The van der Waals surface area contributed by atoms with Crippen molar-refractivity contribution in [3.63, 3.8) is 0 Å². The van der Waals surface area contributed by atoms with Gasteiger partial charge in [-0.15, -0.1) is 0 Å². The molecule has 19 heavy (non-hydrogen) atoms. The van der Waals surface area contributed by atoms with Crippen LogP contribution in [0, 0.1) is 20.8 Å². The Morgan fingerprint density at radius 2 is 1.53 bits per heavy atom. The largest absolute Gasteiger partial charge is 0.313 e. The molecule has 0 fully saturated rings. The fourth-order valence-corrected chi connectivity index (χ4v) is 2.50. The van der Waals surface area contributed by atoms with Crippen molar-refractivity contribution in [1.29, 1.82) is 0 Å². The van der Waals surface area contributed by atoms with Crippen molar-refractivity contribution < 1.29 is 0 Å². The van der Waals surface area contributed by atoms with Crippen LogP contribution in [0.2, 0.25) is 0 Å². The molecule has 0 unspecified atom stereocenters. The van der Waals surface area contributed by atoms with E-state index in [0.717, 1.165) is 13.1 Å². The minimum atomic E-state index is 0.930. The summed E-state index contributed by atoms with van der Waals surface area (Å²) in [6.07, 6.45) is 0. The first-order valence-corrected chi connectivity index (χ1v) is 6.99. The zero-order valence-corrected chi connectivity index (χ0v) is 12.4. The lowest BCUT2D eigenvalue weighted by Gasteiger charge is -2.13. The van der Waals surface area contributed by atoms with Crippen molar-refractivity contribution in [3.05, 3.63) is 58.7 Å². The van der Waals surface area contributed by atoms with Crippen LogP contribution in [-0.2, 0) is 6.54 Å². The maximum atomic E-state index is 3.42. The van der Waals surface area contributed by atoms with Gasteiger partial charge in [0.25, 0.3) is 0 Å². The van der Waals surface area contributed by atoms with E-state index in [-0.39, 0.29) is 0 Å². The van der Waals surface area contributed by atoms with Crippen molar-refractivity contribution in [2.24, 2.45) is 0 Å². The summed E-state index contributed by atoms with van der Waals surface area (Å²) in [4.78, 5) is 0. The normalized spacial score (nSPS) is 10.7. The standard InChI is InChI=1S/C18H23N/c1-5-19-12-16-7-6-13(2)11-18(16)17-9-14(3)8-15(4)10-17/h6-11,19H,5,12H2,1-4H3. The second-order valence-electron chi connectivity index (χ2n) is 5.32. The highest BCUT2D eigenvalue weighted by atomic mass is 14.8. The molecule has 0 saturated heterocycles. The maximum Gasteiger partial charge on any atom is 0.0211 e. The Morgan fingerprint density at radius 1 is 0.842 bits per heavy atom. The molecule has 100 valence electrons. The lowest BCUT2D eigenvalue weighted by molar-refractivity contribution is 0.728. The smallest absolute Gasteiger partial charge is 0.0211 e. The molecular formula is C18H23N. The third-order valence-electron chi connectivity index (χ3n) is 3.36. The average molecular weight is 253 g/mol. The fraction of sp³-hybridized carbons (Fsp3) is 0.333. The van der Waals surface area contributed by atoms with E-state index in [0.29, 0.717) is 0 Å². The number of hydrogen-bond acceptors (Lipinski definition) is 1. The highest BCUT2D eigenvalue weighted by Crippen LogP contribution is 2.27. The van der Waals surface area contributed by atoms with E-state index in [1.165, 1.54) is 33.4 Å². The molecule has 0 aliphatic rings. The molecule has 0 aromatic heterocycles. The Kier molecular flexibility index (Phi) is 4.39. The van der Waals surface area contributed by atoms with Crippen molar-refractivity contribution in [3.8, 4) is 11.1 Å². The molecule has 0 aliphatic heterocycles. The highest BCUT2D eigenvalue weighted by Gasteiger charge is 2.06. The maximum absolute atomic E-state index is 3.42. The van der Waals surface area contributed by atoms with E-state index in [1.54, 1.807) is 0 Å². The van der Waals surface area contributed by atoms with Gasteiger partial charge >= 0.3 is 0 Å². The molecule has 2 aromatic rings. The van der Waals surface area contributed by atoms with Gasteiger partial charge in [0.1, 0.15) is 0 Å². The quantitative estimate of drug-likeness (QED) is 0.852. The lowest BCUT2D eigenvalue weighted by Crippen LogP contribution is -2.12. The molecule has 1 nitrogen and oxygen atoms in total. The average Bonchev–Trinajstić information content (AvgIpc) is 2.36. The molecule has 0 amide bonds. The van der Waals surface area contributed by atoms with Crippen LogP contribution in [-0.4, -0.2) is 6.54 Å². The van der Waals surface area contributed by atoms with Gasteiger partial charge in [0.15, 0.2) is 0 Å². The van der Waals surface area contributed by atoms with Gasteiger partial charge in [0.05, 0.1) is 0 Å². The zero-order chi connectivity index (χ0) is 13.8. The van der Waals surface area contributed by atoms with Crippen molar-refractivity contribution in [2.75, 3.05) is 6.54 Å². The highest BCUT2D eigenvalue weighted by molar-refractivity contribution is 5.69. The van der Waals surface area contributed by atoms with Crippen LogP contribution in [0.25, 0.3) is 11.1 Å². The summed E-state index contributed by atoms with van der Waals surface area (Å²) in [5, 5.41) is 3.42. The number of benzene rings is 2. The van der Waals surface area contributed by atoms with E-state index in [9.17, 15) is 0 Å². The number of aryl methyl sites for hydroxylation is 3. The van der Waals surface area contributed by atoms with Crippen molar-refractivity contribution >= 4 is 0 Å². The molecule has 2 rings (SSSR count). The monoisotopic (exact) mass is 253 g/mol. The summed E-state index contributed by atoms with van der Waals surface area (Å²) in [6.45, 7) is 10.6. The van der Waals surface area contributed by atoms with Gasteiger partial charge in [-0.3, -0.25) is 0 Å². The van der Waals surface area contributed by atoms with Crippen molar-refractivity contribution in [2.45, 2.75) is 34.2 Å². The van der Waals surface area contributed by atoms with Crippen LogP contribution < -0.4 is 5.32 Å². The number of hydrogen-bond donors (Lipinski definition) is 1. The molecule has 1 heteroatoms. The summed E-state index contributed by atoms with van der Waals surface area (Å²) in [7, 11) is 0.